The number of amides is 1. The van der Waals surface area contributed by atoms with Crippen LogP contribution in [0.4, 0.5) is 0 Å². The highest BCUT2D eigenvalue weighted by Gasteiger charge is 2.26. The third-order valence-corrected chi connectivity index (χ3v) is 7.47. The maximum absolute atomic E-state index is 12.6. The predicted octanol–water partition coefficient (Wildman–Crippen LogP) is 0.491. The molecule has 2 unspecified atom stereocenters. The number of rotatable bonds is 8. The fourth-order valence-corrected chi connectivity index (χ4v) is 5.10. The minimum atomic E-state index is -4.08. The summed E-state index contributed by atoms with van der Waals surface area (Å²) in [5.41, 5.74) is 0.294. The van der Waals surface area contributed by atoms with E-state index in [1.165, 1.54) is 45.2 Å². The molecule has 0 heterocycles. The lowest BCUT2D eigenvalue weighted by Crippen LogP contribution is -2.48. The molecule has 0 aliphatic carbocycles. The number of aromatic hydroxyl groups is 2. The van der Waals surface area contributed by atoms with Crippen LogP contribution in [0.3, 0.4) is 0 Å². The summed E-state index contributed by atoms with van der Waals surface area (Å²) in [6, 6.07) is 6.59. The smallest absolute Gasteiger partial charge is 0.251 e. The highest BCUT2D eigenvalue weighted by atomic mass is 32.2. The van der Waals surface area contributed by atoms with Gasteiger partial charge in [0.15, 0.2) is 11.5 Å². The van der Waals surface area contributed by atoms with E-state index >= 15 is 0 Å². The molecule has 164 valence electrons. The first-order valence-corrected chi connectivity index (χ1v) is 11.7. The number of benzene rings is 2. The van der Waals surface area contributed by atoms with E-state index in [0.717, 1.165) is 18.2 Å². The molecule has 0 saturated heterocycles. The molecule has 2 rings (SSSR count). The van der Waals surface area contributed by atoms with Crippen LogP contribution in [-0.4, -0.2) is 52.1 Å². The van der Waals surface area contributed by atoms with Gasteiger partial charge in [-0.1, -0.05) is 0 Å². The molecule has 30 heavy (non-hydrogen) atoms. The van der Waals surface area contributed by atoms with Gasteiger partial charge in [0.2, 0.25) is 20.0 Å². The zero-order valence-corrected chi connectivity index (χ0v) is 18.1. The lowest BCUT2D eigenvalue weighted by atomic mass is 10.2. The van der Waals surface area contributed by atoms with Crippen molar-refractivity contribution in [3.05, 3.63) is 48.0 Å². The molecule has 0 aliphatic rings. The number of phenols is 2. The highest BCUT2D eigenvalue weighted by Crippen LogP contribution is 2.27. The van der Waals surface area contributed by atoms with E-state index in [9.17, 15) is 31.8 Å². The van der Waals surface area contributed by atoms with Gasteiger partial charge in [0.05, 0.1) is 9.79 Å². The molecule has 0 bridgehead atoms. The molecule has 0 spiro atoms. The lowest BCUT2D eigenvalue weighted by molar-refractivity contribution is 0.0963. The Bertz CT molecular complexity index is 1130. The molecule has 2 aromatic carbocycles. The normalized spacial score (nSPS) is 14.1. The van der Waals surface area contributed by atoms with Gasteiger partial charge in [0.1, 0.15) is 0 Å². The Morgan fingerprint density at radius 1 is 0.800 bits per heavy atom. The summed E-state index contributed by atoms with van der Waals surface area (Å²) in [5.74, 6) is -1.42. The Hall–Kier alpha value is -2.67. The van der Waals surface area contributed by atoms with Gasteiger partial charge < -0.3 is 15.5 Å². The van der Waals surface area contributed by atoms with Gasteiger partial charge in [0.25, 0.3) is 5.91 Å². The zero-order valence-electron chi connectivity index (χ0n) is 16.4. The largest absolute Gasteiger partial charge is 0.504 e. The van der Waals surface area contributed by atoms with Crippen LogP contribution in [0.1, 0.15) is 24.2 Å². The average Bonchev–Trinajstić information content (AvgIpc) is 2.68. The Labute approximate surface area is 175 Å². The van der Waals surface area contributed by atoms with Crippen LogP contribution >= 0.6 is 0 Å². The van der Waals surface area contributed by atoms with E-state index in [1.807, 2.05) is 0 Å². The predicted molar refractivity (Wildman–Crippen MR) is 109 cm³/mol. The Balaban J connectivity index is 2.12. The summed E-state index contributed by atoms with van der Waals surface area (Å²) in [7, 11) is -6.60. The van der Waals surface area contributed by atoms with E-state index < -0.39 is 43.6 Å². The second-order valence-corrected chi connectivity index (χ2v) is 10.0. The van der Waals surface area contributed by atoms with E-state index in [-0.39, 0.29) is 15.7 Å². The second-order valence-electron chi connectivity index (χ2n) is 6.57. The van der Waals surface area contributed by atoms with Gasteiger partial charge in [-0.2, -0.15) is 0 Å². The third kappa shape index (κ3) is 5.48. The van der Waals surface area contributed by atoms with Crippen LogP contribution in [0.15, 0.2) is 52.3 Å². The first-order chi connectivity index (χ1) is 13.9. The molecule has 2 atom stereocenters. The van der Waals surface area contributed by atoms with Crippen LogP contribution in [0.5, 0.6) is 11.5 Å². The zero-order chi connectivity index (χ0) is 22.7. The third-order valence-electron chi connectivity index (χ3n) is 4.34. The SMILES string of the molecule is CNC(=O)c1ccc(S(=O)(=O)NC(C)C(C)NS(=O)(=O)c2ccc(O)c(O)c2)cc1. The number of phenolic OH excluding ortho intramolecular Hbond substituents is 2. The van der Waals surface area contributed by atoms with Crippen molar-refractivity contribution in [3.63, 3.8) is 0 Å². The van der Waals surface area contributed by atoms with Crippen molar-refractivity contribution in [2.75, 3.05) is 7.05 Å². The number of carbonyl (C=O) groups is 1. The van der Waals surface area contributed by atoms with Crippen LogP contribution in [0, 0.1) is 0 Å². The van der Waals surface area contributed by atoms with Gasteiger partial charge in [-0.15, -0.1) is 0 Å². The van der Waals surface area contributed by atoms with Gasteiger partial charge in [0, 0.05) is 30.8 Å². The van der Waals surface area contributed by atoms with Crippen LogP contribution in [0.25, 0.3) is 0 Å². The summed E-state index contributed by atoms with van der Waals surface area (Å²) in [5, 5.41) is 21.2. The van der Waals surface area contributed by atoms with E-state index in [0.29, 0.717) is 5.56 Å². The Morgan fingerprint density at radius 3 is 1.73 bits per heavy atom. The van der Waals surface area contributed by atoms with Gasteiger partial charge >= 0.3 is 0 Å². The van der Waals surface area contributed by atoms with Crippen molar-refractivity contribution in [3.8, 4) is 11.5 Å². The molecule has 2 aromatic rings. The number of nitrogens with one attached hydrogen (secondary N) is 3. The summed E-state index contributed by atoms with van der Waals surface area (Å²) >= 11 is 0. The number of hydrogen-bond donors (Lipinski definition) is 5. The van der Waals surface area contributed by atoms with Crippen molar-refractivity contribution in [2.24, 2.45) is 0 Å². The molecule has 1 amide bonds. The minimum absolute atomic E-state index is 0.0829. The quantitative estimate of drug-likeness (QED) is 0.360. The summed E-state index contributed by atoms with van der Waals surface area (Å²) in [6.45, 7) is 2.96. The van der Waals surface area contributed by atoms with Gasteiger partial charge in [-0.05, 0) is 50.2 Å². The number of hydrogen-bond acceptors (Lipinski definition) is 7. The second kappa shape index (κ2) is 9.00. The lowest BCUT2D eigenvalue weighted by Gasteiger charge is -2.22. The van der Waals surface area contributed by atoms with Crippen LogP contribution in [0.2, 0.25) is 0 Å². The average molecular weight is 458 g/mol. The van der Waals surface area contributed by atoms with Gasteiger partial charge in [-0.3, -0.25) is 4.79 Å². The summed E-state index contributed by atoms with van der Waals surface area (Å²) in [4.78, 5) is 11.2. The fraction of sp³-hybridized carbons (Fsp3) is 0.278. The van der Waals surface area contributed by atoms with Gasteiger partial charge in [-0.25, -0.2) is 26.3 Å². The molecule has 0 aliphatic heterocycles. The summed E-state index contributed by atoms with van der Waals surface area (Å²) in [6.07, 6.45) is 0. The maximum Gasteiger partial charge on any atom is 0.251 e. The molecule has 10 nitrogen and oxygen atoms in total. The number of carbonyl (C=O) groups excluding carboxylic acids is 1. The molecular weight excluding hydrogens is 434 g/mol. The molecular formula is C18H23N3O7S2. The van der Waals surface area contributed by atoms with Crippen molar-refractivity contribution in [1.29, 1.82) is 0 Å². The Morgan fingerprint density at radius 2 is 1.27 bits per heavy atom. The monoisotopic (exact) mass is 457 g/mol. The van der Waals surface area contributed by atoms with Crippen molar-refractivity contribution in [2.45, 2.75) is 35.7 Å². The number of sulfonamides is 2. The summed E-state index contributed by atoms with van der Waals surface area (Å²) < 4.78 is 54.8. The molecule has 0 fully saturated rings. The molecule has 0 radical (unpaired) electrons. The standard InChI is InChI=1S/C18H23N3O7S2/c1-11(12(2)21-30(27,28)15-8-9-16(22)17(23)10-15)20-29(25,26)14-6-4-13(5-7-14)18(24)19-3/h4-12,20-23H,1-3H3,(H,19,24). The van der Waals surface area contributed by atoms with Crippen molar-refractivity contribution >= 4 is 26.0 Å². The Kier molecular flexibility index (Phi) is 7.08. The van der Waals surface area contributed by atoms with Crippen molar-refractivity contribution < 1.29 is 31.8 Å². The first-order valence-electron chi connectivity index (χ1n) is 8.76. The highest BCUT2D eigenvalue weighted by molar-refractivity contribution is 7.90. The minimum Gasteiger partial charge on any atom is -0.504 e. The molecule has 5 N–H and O–H groups in total. The van der Waals surface area contributed by atoms with Crippen LogP contribution < -0.4 is 14.8 Å². The van der Waals surface area contributed by atoms with E-state index in [2.05, 4.69) is 14.8 Å². The van der Waals surface area contributed by atoms with E-state index in [4.69, 9.17) is 0 Å². The maximum atomic E-state index is 12.6. The van der Waals surface area contributed by atoms with Crippen LogP contribution in [-0.2, 0) is 20.0 Å². The fourth-order valence-electron chi connectivity index (χ4n) is 2.43. The molecule has 0 saturated carbocycles. The van der Waals surface area contributed by atoms with Crippen molar-refractivity contribution in [1.82, 2.24) is 14.8 Å². The molecule has 0 aromatic heterocycles. The first kappa shape index (κ1) is 23.6. The molecule has 12 heteroatoms. The van der Waals surface area contributed by atoms with E-state index in [1.54, 1.807) is 0 Å². The topological polar surface area (TPSA) is 162 Å².